The normalized spacial score (nSPS) is 10.6. The molecule has 1 rings (SSSR count). The van der Waals surface area contributed by atoms with E-state index in [2.05, 4.69) is 24.1 Å². The van der Waals surface area contributed by atoms with Crippen LogP contribution in [0.2, 0.25) is 0 Å². The molecule has 0 aliphatic rings. The number of nitrogen functional groups attached to an aromatic ring is 1. The van der Waals surface area contributed by atoms with Crippen molar-refractivity contribution in [2.75, 3.05) is 30.8 Å². The maximum Gasteiger partial charge on any atom is 0.339 e. The zero-order chi connectivity index (χ0) is 13.5. The first kappa shape index (κ1) is 14.2. The molecule has 6 nitrogen and oxygen atoms in total. The molecular formula is C12H19N3O3. The lowest BCUT2D eigenvalue weighted by atomic mass is 10.2. The molecular weight excluding hydrogens is 234 g/mol. The Morgan fingerprint density at radius 2 is 2.33 bits per heavy atom. The topological polar surface area (TPSA) is 97.5 Å². The molecule has 0 bridgehead atoms. The lowest BCUT2D eigenvalue weighted by molar-refractivity contribution is 0.0697. The van der Waals surface area contributed by atoms with Crippen LogP contribution in [0.15, 0.2) is 12.3 Å². The van der Waals surface area contributed by atoms with Crippen LogP contribution >= 0.6 is 0 Å². The summed E-state index contributed by atoms with van der Waals surface area (Å²) < 4.78 is 5.38. The number of nitrogens with zero attached hydrogens (tertiary/aromatic N) is 1. The number of nitrogens with one attached hydrogen (secondary N) is 1. The average molecular weight is 253 g/mol. The molecule has 18 heavy (non-hydrogen) atoms. The van der Waals surface area contributed by atoms with Crippen molar-refractivity contribution in [2.45, 2.75) is 13.8 Å². The molecule has 0 aliphatic heterocycles. The molecule has 0 saturated heterocycles. The summed E-state index contributed by atoms with van der Waals surface area (Å²) in [5.74, 6) is -0.264. The molecule has 0 fully saturated rings. The number of carboxylic acids is 1. The van der Waals surface area contributed by atoms with E-state index in [9.17, 15) is 4.79 Å². The van der Waals surface area contributed by atoms with Gasteiger partial charge in [-0.25, -0.2) is 9.78 Å². The molecule has 1 aromatic heterocycles. The highest BCUT2D eigenvalue weighted by atomic mass is 16.5. The second-order valence-electron chi connectivity index (χ2n) is 4.37. The Hall–Kier alpha value is -1.82. The molecule has 0 unspecified atom stereocenters. The summed E-state index contributed by atoms with van der Waals surface area (Å²) in [6.07, 6.45) is 1.42. The summed E-state index contributed by atoms with van der Waals surface area (Å²) in [6.45, 7) is 5.82. The molecule has 0 radical (unpaired) electrons. The quantitative estimate of drug-likeness (QED) is 0.636. The van der Waals surface area contributed by atoms with Crippen LogP contribution in [0.25, 0.3) is 0 Å². The van der Waals surface area contributed by atoms with Gasteiger partial charge in [-0.1, -0.05) is 13.8 Å². The predicted molar refractivity (Wildman–Crippen MR) is 69.8 cm³/mol. The third kappa shape index (κ3) is 4.58. The van der Waals surface area contributed by atoms with Gasteiger partial charge in [-0.3, -0.25) is 0 Å². The summed E-state index contributed by atoms with van der Waals surface area (Å²) >= 11 is 0. The number of pyridine rings is 1. The van der Waals surface area contributed by atoms with Crippen LogP contribution in [0.3, 0.4) is 0 Å². The average Bonchev–Trinajstić information content (AvgIpc) is 2.29. The largest absolute Gasteiger partial charge is 0.478 e. The molecule has 0 amide bonds. The van der Waals surface area contributed by atoms with E-state index in [1.165, 1.54) is 12.3 Å². The van der Waals surface area contributed by atoms with Gasteiger partial charge in [0.25, 0.3) is 0 Å². The standard InChI is InChI=1S/C12H19N3O3/c1-8(2)7-18-4-3-14-11-10(12(16)17)5-9(13)6-15-11/h5-6,8H,3-4,7,13H2,1-2H3,(H,14,15)(H,16,17). The molecule has 0 spiro atoms. The minimum Gasteiger partial charge on any atom is -0.478 e. The molecule has 100 valence electrons. The number of carbonyl (C=O) groups is 1. The van der Waals surface area contributed by atoms with Crippen LogP contribution in [0.4, 0.5) is 11.5 Å². The Bertz CT molecular complexity index is 408. The van der Waals surface area contributed by atoms with Crippen LogP contribution in [0.5, 0.6) is 0 Å². The second-order valence-corrected chi connectivity index (χ2v) is 4.37. The maximum absolute atomic E-state index is 11.0. The fraction of sp³-hybridized carbons (Fsp3) is 0.500. The Morgan fingerprint density at radius 3 is 2.94 bits per heavy atom. The zero-order valence-corrected chi connectivity index (χ0v) is 10.6. The van der Waals surface area contributed by atoms with Crippen molar-refractivity contribution < 1.29 is 14.6 Å². The van der Waals surface area contributed by atoms with E-state index in [4.69, 9.17) is 15.6 Å². The number of rotatable bonds is 7. The Morgan fingerprint density at radius 1 is 1.61 bits per heavy atom. The van der Waals surface area contributed by atoms with E-state index in [0.29, 0.717) is 37.2 Å². The molecule has 6 heteroatoms. The highest BCUT2D eigenvalue weighted by Gasteiger charge is 2.11. The lowest BCUT2D eigenvalue weighted by Crippen LogP contribution is -2.15. The SMILES string of the molecule is CC(C)COCCNc1ncc(N)cc1C(=O)O. The third-order valence-corrected chi connectivity index (χ3v) is 2.13. The van der Waals surface area contributed by atoms with Crippen LogP contribution in [-0.4, -0.2) is 35.8 Å². The van der Waals surface area contributed by atoms with Gasteiger partial charge in [0.2, 0.25) is 0 Å². The lowest BCUT2D eigenvalue weighted by Gasteiger charge is -2.10. The van der Waals surface area contributed by atoms with Crippen molar-refractivity contribution in [3.8, 4) is 0 Å². The molecule has 0 atom stereocenters. The number of hydrogen-bond donors (Lipinski definition) is 3. The maximum atomic E-state index is 11.0. The minimum atomic E-state index is -1.06. The smallest absolute Gasteiger partial charge is 0.339 e. The zero-order valence-electron chi connectivity index (χ0n) is 10.6. The molecule has 4 N–H and O–H groups in total. The number of hydrogen-bond acceptors (Lipinski definition) is 5. The summed E-state index contributed by atoms with van der Waals surface area (Å²) in [7, 11) is 0. The van der Waals surface area contributed by atoms with Gasteiger partial charge in [0.1, 0.15) is 11.4 Å². The van der Waals surface area contributed by atoms with Gasteiger partial charge in [0, 0.05) is 13.2 Å². The third-order valence-electron chi connectivity index (χ3n) is 2.13. The monoisotopic (exact) mass is 253 g/mol. The fourth-order valence-electron chi connectivity index (χ4n) is 1.35. The summed E-state index contributed by atoms with van der Waals surface area (Å²) in [4.78, 5) is 14.9. The van der Waals surface area contributed by atoms with Crippen LogP contribution in [-0.2, 0) is 4.74 Å². The van der Waals surface area contributed by atoms with Crippen LogP contribution in [0.1, 0.15) is 24.2 Å². The van der Waals surface area contributed by atoms with Gasteiger partial charge >= 0.3 is 5.97 Å². The van der Waals surface area contributed by atoms with Gasteiger partial charge in [0.15, 0.2) is 0 Å². The first-order valence-electron chi connectivity index (χ1n) is 5.81. The number of nitrogens with two attached hydrogens (primary N) is 1. The molecule has 1 aromatic rings. The van der Waals surface area contributed by atoms with Crippen molar-refractivity contribution in [2.24, 2.45) is 5.92 Å². The number of ether oxygens (including phenoxy) is 1. The molecule has 0 aromatic carbocycles. The van der Waals surface area contributed by atoms with E-state index in [1.54, 1.807) is 0 Å². The summed E-state index contributed by atoms with van der Waals surface area (Å²) in [5, 5.41) is 11.9. The van der Waals surface area contributed by atoms with E-state index in [-0.39, 0.29) is 5.56 Å². The van der Waals surface area contributed by atoms with Gasteiger partial charge in [-0.2, -0.15) is 0 Å². The Labute approximate surface area is 106 Å². The molecule has 0 saturated carbocycles. The van der Waals surface area contributed by atoms with Crippen molar-refractivity contribution in [3.63, 3.8) is 0 Å². The first-order chi connectivity index (χ1) is 8.50. The van der Waals surface area contributed by atoms with Crippen molar-refractivity contribution >= 4 is 17.5 Å². The number of aromatic carboxylic acids is 1. The Kier molecular flexibility index (Phi) is 5.38. The highest BCUT2D eigenvalue weighted by Crippen LogP contribution is 2.15. The summed E-state index contributed by atoms with van der Waals surface area (Å²) in [5.41, 5.74) is 5.89. The number of carboxylic acid groups (broad SMARTS) is 1. The van der Waals surface area contributed by atoms with Gasteiger partial charge in [-0.15, -0.1) is 0 Å². The van der Waals surface area contributed by atoms with Crippen LogP contribution in [0, 0.1) is 5.92 Å². The van der Waals surface area contributed by atoms with E-state index >= 15 is 0 Å². The fourth-order valence-corrected chi connectivity index (χ4v) is 1.35. The predicted octanol–water partition coefficient (Wildman–Crippen LogP) is 1.45. The van der Waals surface area contributed by atoms with Crippen molar-refractivity contribution in [3.05, 3.63) is 17.8 Å². The van der Waals surface area contributed by atoms with E-state index in [0.717, 1.165) is 0 Å². The first-order valence-corrected chi connectivity index (χ1v) is 5.81. The number of aromatic nitrogens is 1. The van der Waals surface area contributed by atoms with E-state index < -0.39 is 5.97 Å². The van der Waals surface area contributed by atoms with Crippen molar-refractivity contribution in [1.29, 1.82) is 0 Å². The number of anilines is 2. The highest BCUT2D eigenvalue weighted by molar-refractivity contribution is 5.94. The van der Waals surface area contributed by atoms with Gasteiger partial charge < -0.3 is 20.9 Å². The minimum absolute atomic E-state index is 0.0684. The van der Waals surface area contributed by atoms with Crippen molar-refractivity contribution in [1.82, 2.24) is 4.98 Å². The second kappa shape index (κ2) is 6.80. The summed E-state index contributed by atoms with van der Waals surface area (Å²) in [6, 6.07) is 1.38. The van der Waals surface area contributed by atoms with Crippen LogP contribution < -0.4 is 11.1 Å². The van der Waals surface area contributed by atoms with Gasteiger partial charge in [0.05, 0.1) is 18.5 Å². The molecule has 0 aliphatic carbocycles. The van der Waals surface area contributed by atoms with E-state index in [1.807, 2.05) is 0 Å². The van der Waals surface area contributed by atoms with Gasteiger partial charge in [-0.05, 0) is 12.0 Å². The Balaban J connectivity index is 2.49. The molecule has 1 heterocycles.